The van der Waals surface area contributed by atoms with Crippen molar-refractivity contribution in [3.63, 3.8) is 0 Å². The summed E-state index contributed by atoms with van der Waals surface area (Å²) < 4.78 is 0. The van der Waals surface area contributed by atoms with Crippen LogP contribution in [0.2, 0.25) is 0 Å². The van der Waals surface area contributed by atoms with E-state index in [4.69, 9.17) is 4.84 Å². The lowest BCUT2D eigenvalue weighted by Gasteiger charge is -2.30. The van der Waals surface area contributed by atoms with Gasteiger partial charge in [-0.1, -0.05) is 0 Å². The molecule has 0 aromatic heterocycles. The quantitative estimate of drug-likeness (QED) is 0.686. The molecule has 1 N–H and O–H groups in total. The smallest absolute Gasteiger partial charge is 0.330 e. The Morgan fingerprint density at radius 2 is 1.86 bits per heavy atom. The predicted octanol–water partition coefficient (Wildman–Crippen LogP) is 0.947. The molecule has 1 aliphatic heterocycles. The van der Waals surface area contributed by atoms with Crippen LogP contribution in [0.1, 0.15) is 33.6 Å². The largest absolute Gasteiger partial charge is 0.393 e. The molecule has 82 valence electrons. The van der Waals surface area contributed by atoms with Crippen molar-refractivity contribution >= 4 is 5.97 Å². The van der Waals surface area contributed by atoms with Crippen LogP contribution in [-0.2, 0) is 9.63 Å². The fourth-order valence-electron chi connectivity index (χ4n) is 1.19. The molecule has 1 aliphatic rings. The van der Waals surface area contributed by atoms with Gasteiger partial charge in [0.05, 0.1) is 11.5 Å². The fraction of sp³-hybridized carbons (Fsp3) is 0.900. The molecule has 0 aromatic carbocycles. The second kappa shape index (κ2) is 4.28. The minimum absolute atomic E-state index is 0.214. The Labute approximate surface area is 84.8 Å². The van der Waals surface area contributed by atoms with Gasteiger partial charge in [0.15, 0.2) is 0 Å². The highest BCUT2D eigenvalue weighted by atomic mass is 16.7. The minimum Gasteiger partial charge on any atom is -0.393 e. The highest BCUT2D eigenvalue weighted by Gasteiger charge is 2.27. The summed E-state index contributed by atoms with van der Waals surface area (Å²) in [5.41, 5.74) is -0.462. The number of carbonyl (C=O) groups is 1. The lowest BCUT2D eigenvalue weighted by atomic mass is 9.98. The number of aliphatic hydroxyl groups excluding tert-OH is 1. The first kappa shape index (κ1) is 11.5. The number of nitrogens with zero attached hydrogens (tertiary/aromatic N) is 1. The minimum atomic E-state index is -0.462. The number of piperidine rings is 1. The van der Waals surface area contributed by atoms with E-state index in [1.807, 2.05) is 20.8 Å². The molecule has 0 aliphatic carbocycles. The van der Waals surface area contributed by atoms with Crippen LogP contribution in [0.4, 0.5) is 0 Å². The zero-order chi connectivity index (χ0) is 10.8. The zero-order valence-corrected chi connectivity index (χ0v) is 9.12. The molecule has 4 nitrogen and oxygen atoms in total. The summed E-state index contributed by atoms with van der Waals surface area (Å²) in [6.45, 7) is 6.74. The maximum absolute atomic E-state index is 11.5. The standard InChI is InChI=1S/C10H19NO3/c1-10(2,3)9(13)14-11-6-4-8(12)5-7-11/h8,12H,4-7H2,1-3H3. The van der Waals surface area contributed by atoms with Crippen LogP contribution >= 0.6 is 0 Å². The Balaban J connectivity index is 2.35. The summed E-state index contributed by atoms with van der Waals surface area (Å²) in [4.78, 5) is 16.7. The maximum atomic E-state index is 11.5. The topological polar surface area (TPSA) is 49.8 Å². The Kier molecular flexibility index (Phi) is 3.50. The lowest BCUT2D eigenvalue weighted by Crippen LogP contribution is -2.40. The molecule has 0 saturated carbocycles. The van der Waals surface area contributed by atoms with E-state index < -0.39 is 5.41 Å². The summed E-state index contributed by atoms with van der Waals surface area (Å²) in [6, 6.07) is 0. The number of aliphatic hydroxyl groups is 1. The number of rotatable bonds is 1. The van der Waals surface area contributed by atoms with Gasteiger partial charge in [-0.25, -0.2) is 4.79 Å². The number of carbonyl (C=O) groups excluding carboxylic acids is 1. The van der Waals surface area contributed by atoms with E-state index in [0.717, 1.165) is 0 Å². The van der Waals surface area contributed by atoms with E-state index >= 15 is 0 Å². The van der Waals surface area contributed by atoms with Crippen molar-refractivity contribution in [2.24, 2.45) is 5.41 Å². The van der Waals surface area contributed by atoms with Gasteiger partial charge in [0, 0.05) is 13.1 Å². The van der Waals surface area contributed by atoms with Crippen LogP contribution in [0, 0.1) is 5.41 Å². The molecule has 1 saturated heterocycles. The second-order valence-electron chi connectivity index (χ2n) is 4.79. The van der Waals surface area contributed by atoms with E-state index in [1.54, 1.807) is 5.06 Å². The molecule has 0 aromatic rings. The molecule has 0 radical (unpaired) electrons. The molecular weight excluding hydrogens is 182 g/mol. The van der Waals surface area contributed by atoms with Crippen LogP contribution in [0.25, 0.3) is 0 Å². The molecule has 0 atom stereocenters. The van der Waals surface area contributed by atoms with Crippen LogP contribution in [0.5, 0.6) is 0 Å². The van der Waals surface area contributed by atoms with Crippen LogP contribution in [-0.4, -0.2) is 35.3 Å². The average molecular weight is 201 g/mol. The van der Waals surface area contributed by atoms with Gasteiger partial charge in [-0.15, -0.1) is 5.06 Å². The molecule has 0 spiro atoms. The average Bonchev–Trinajstić information content (AvgIpc) is 2.07. The summed E-state index contributed by atoms with van der Waals surface area (Å²) in [6.07, 6.45) is 1.12. The van der Waals surface area contributed by atoms with Crippen molar-refractivity contribution in [2.45, 2.75) is 39.7 Å². The first-order valence-electron chi connectivity index (χ1n) is 5.05. The van der Waals surface area contributed by atoms with Crippen molar-refractivity contribution in [3.8, 4) is 0 Å². The van der Waals surface area contributed by atoms with Crippen LogP contribution in [0.15, 0.2) is 0 Å². The molecule has 0 unspecified atom stereocenters. The van der Waals surface area contributed by atoms with Crippen LogP contribution in [0.3, 0.4) is 0 Å². The van der Waals surface area contributed by atoms with Gasteiger partial charge in [-0.2, -0.15) is 0 Å². The Bertz CT molecular complexity index is 202. The molecule has 1 rings (SSSR count). The summed E-state index contributed by atoms with van der Waals surface area (Å²) in [5, 5.41) is 10.9. The summed E-state index contributed by atoms with van der Waals surface area (Å²) in [7, 11) is 0. The molecule has 0 bridgehead atoms. The van der Waals surface area contributed by atoms with Gasteiger partial charge in [0.25, 0.3) is 0 Å². The maximum Gasteiger partial charge on any atom is 0.330 e. The first-order chi connectivity index (χ1) is 6.39. The lowest BCUT2D eigenvalue weighted by molar-refractivity contribution is -0.207. The van der Waals surface area contributed by atoms with Crippen LogP contribution < -0.4 is 0 Å². The van der Waals surface area contributed by atoms with E-state index in [-0.39, 0.29) is 12.1 Å². The second-order valence-corrected chi connectivity index (χ2v) is 4.79. The van der Waals surface area contributed by atoms with E-state index in [1.165, 1.54) is 0 Å². The van der Waals surface area contributed by atoms with Gasteiger partial charge >= 0.3 is 5.97 Å². The highest BCUT2D eigenvalue weighted by Crippen LogP contribution is 2.18. The number of hydrogen-bond donors (Lipinski definition) is 1. The van der Waals surface area contributed by atoms with Crippen molar-refractivity contribution < 1.29 is 14.7 Å². The fourth-order valence-corrected chi connectivity index (χ4v) is 1.19. The zero-order valence-electron chi connectivity index (χ0n) is 9.12. The van der Waals surface area contributed by atoms with Gasteiger partial charge in [-0.05, 0) is 33.6 Å². The van der Waals surface area contributed by atoms with Gasteiger partial charge in [0.1, 0.15) is 0 Å². The third kappa shape index (κ3) is 3.27. The molecule has 1 heterocycles. The van der Waals surface area contributed by atoms with Crippen molar-refractivity contribution in [1.82, 2.24) is 5.06 Å². The van der Waals surface area contributed by atoms with Crippen molar-refractivity contribution in [3.05, 3.63) is 0 Å². The summed E-state index contributed by atoms with van der Waals surface area (Å²) >= 11 is 0. The molecule has 0 amide bonds. The molecule has 4 heteroatoms. The Morgan fingerprint density at radius 3 is 2.29 bits per heavy atom. The predicted molar refractivity (Wildman–Crippen MR) is 52.4 cm³/mol. The van der Waals surface area contributed by atoms with E-state index in [9.17, 15) is 9.90 Å². The first-order valence-corrected chi connectivity index (χ1v) is 5.05. The SMILES string of the molecule is CC(C)(C)C(=O)ON1CCC(O)CC1. The van der Waals surface area contributed by atoms with E-state index in [2.05, 4.69) is 0 Å². The van der Waals surface area contributed by atoms with Gasteiger partial charge in [0.2, 0.25) is 0 Å². The highest BCUT2D eigenvalue weighted by molar-refractivity contribution is 5.75. The molecule has 14 heavy (non-hydrogen) atoms. The third-order valence-electron chi connectivity index (χ3n) is 2.25. The van der Waals surface area contributed by atoms with Gasteiger partial charge < -0.3 is 9.94 Å². The monoisotopic (exact) mass is 201 g/mol. The third-order valence-corrected chi connectivity index (χ3v) is 2.25. The van der Waals surface area contributed by atoms with E-state index in [0.29, 0.717) is 25.9 Å². The molecular formula is C10H19NO3. The van der Waals surface area contributed by atoms with Gasteiger partial charge in [-0.3, -0.25) is 0 Å². The Hall–Kier alpha value is -0.610. The molecule has 1 fully saturated rings. The summed E-state index contributed by atoms with van der Waals surface area (Å²) in [5.74, 6) is -0.214. The number of hydroxylamine groups is 2. The number of hydrogen-bond acceptors (Lipinski definition) is 4. The Morgan fingerprint density at radius 1 is 1.36 bits per heavy atom. The normalized spacial score (nSPS) is 20.9. The van der Waals surface area contributed by atoms with Crippen molar-refractivity contribution in [1.29, 1.82) is 0 Å². The van der Waals surface area contributed by atoms with Crippen molar-refractivity contribution in [2.75, 3.05) is 13.1 Å².